The van der Waals surface area contributed by atoms with Crippen LogP contribution >= 0.6 is 23.1 Å². The van der Waals surface area contributed by atoms with E-state index in [1.54, 1.807) is 23.7 Å². The Morgan fingerprint density at radius 3 is 2.94 bits per heavy atom. The summed E-state index contributed by atoms with van der Waals surface area (Å²) in [5.74, 6) is 0.758. The fourth-order valence-corrected chi connectivity index (χ4v) is 5.10. The van der Waals surface area contributed by atoms with Gasteiger partial charge in [0, 0.05) is 24.0 Å². The maximum atomic E-state index is 12.6. The summed E-state index contributed by atoms with van der Waals surface area (Å²) in [6, 6.07) is 7.74. The summed E-state index contributed by atoms with van der Waals surface area (Å²) in [5, 5.41) is 14.0. The lowest BCUT2D eigenvalue weighted by atomic mass is 10.2. The minimum atomic E-state index is -0.359. The number of amides is 2. The van der Waals surface area contributed by atoms with Gasteiger partial charge in [-0.3, -0.25) is 19.1 Å². The van der Waals surface area contributed by atoms with Crippen molar-refractivity contribution < 1.29 is 9.59 Å². The van der Waals surface area contributed by atoms with Gasteiger partial charge < -0.3 is 10.2 Å². The Hall–Kier alpha value is -2.72. The third kappa shape index (κ3) is 5.55. The molecule has 1 atom stereocenters. The summed E-state index contributed by atoms with van der Waals surface area (Å²) >= 11 is 2.96. The Labute approximate surface area is 195 Å². The van der Waals surface area contributed by atoms with Crippen molar-refractivity contribution in [2.75, 3.05) is 6.54 Å². The molecule has 0 radical (unpaired) electrons. The molecule has 2 amide bonds. The second-order valence-electron chi connectivity index (χ2n) is 7.63. The quantitative estimate of drug-likeness (QED) is 0.507. The first-order valence-corrected chi connectivity index (χ1v) is 12.5. The summed E-state index contributed by atoms with van der Waals surface area (Å²) in [5.41, 5.74) is 0.809. The fourth-order valence-electron chi connectivity index (χ4n) is 3.54. The van der Waals surface area contributed by atoms with Gasteiger partial charge in [-0.2, -0.15) is 0 Å². The van der Waals surface area contributed by atoms with Crippen LogP contribution in [0.5, 0.6) is 0 Å². The Morgan fingerprint density at radius 2 is 2.16 bits per heavy atom. The van der Waals surface area contributed by atoms with E-state index in [2.05, 4.69) is 20.5 Å². The number of hydrogen-bond acceptors (Lipinski definition) is 7. The molecule has 3 aromatic rings. The van der Waals surface area contributed by atoms with Crippen LogP contribution in [0.25, 0.3) is 5.69 Å². The molecule has 32 heavy (non-hydrogen) atoms. The van der Waals surface area contributed by atoms with Gasteiger partial charge in [0.05, 0.1) is 30.2 Å². The molecule has 10 heteroatoms. The van der Waals surface area contributed by atoms with Gasteiger partial charge in [-0.25, -0.2) is 0 Å². The highest BCUT2D eigenvalue weighted by atomic mass is 32.2. The highest BCUT2D eigenvalue weighted by molar-refractivity contribution is 8.00. The smallest absolute Gasteiger partial charge is 0.233 e. The van der Waals surface area contributed by atoms with E-state index < -0.39 is 0 Å². The number of aromatic nitrogens is 4. The van der Waals surface area contributed by atoms with Crippen molar-refractivity contribution in [3.63, 3.8) is 0 Å². The van der Waals surface area contributed by atoms with E-state index in [1.807, 2.05) is 46.0 Å². The Morgan fingerprint density at radius 1 is 1.25 bits per heavy atom. The largest absolute Gasteiger partial charge is 0.350 e. The zero-order chi connectivity index (χ0) is 22.3. The van der Waals surface area contributed by atoms with Gasteiger partial charge in [0.2, 0.25) is 11.8 Å². The van der Waals surface area contributed by atoms with E-state index >= 15 is 0 Å². The Bertz CT molecular complexity index is 1040. The number of pyridine rings is 1. The van der Waals surface area contributed by atoms with Crippen LogP contribution < -0.4 is 5.32 Å². The molecule has 8 nitrogen and oxygen atoms in total. The van der Waals surface area contributed by atoms with E-state index in [0.29, 0.717) is 30.5 Å². The average molecular weight is 471 g/mol. The van der Waals surface area contributed by atoms with Crippen LogP contribution in [-0.2, 0) is 22.7 Å². The number of carbonyl (C=O) groups excluding carboxylic acids is 2. The lowest BCUT2D eigenvalue weighted by Gasteiger charge is -2.20. The van der Waals surface area contributed by atoms with Crippen molar-refractivity contribution in [3.05, 3.63) is 52.7 Å². The van der Waals surface area contributed by atoms with E-state index in [0.717, 1.165) is 36.4 Å². The predicted molar refractivity (Wildman–Crippen MR) is 125 cm³/mol. The van der Waals surface area contributed by atoms with Crippen LogP contribution in [0, 0.1) is 0 Å². The molecule has 1 aliphatic rings. The van der Waals surface area contributed by atoms with Gasteiger partial charge >= 0.3 is 0 Å². The van der Waals surface area contributed by atoms with Crippen molar-refractivity contribution in [1.29, 1.82) is 0 Å². The molecular weight excluding hydrogens is 444 g/mol. The van der Waals surface area contributed by atoms with Gasteiger partial charge in [-0.15, -0.1) is 21.5 Å². The van der Waals surface area contributed by atoms with Gasteiger partial charge in [-0.05, 0) is 43.3 Å². The molecule has 1 N–H and O–H groups in total. The van der Waals surface area contributed by atoms with E-state index in [-0.39, 0.29) is 17.1 Å². The average Bonchev–Trinajstić information content (AvgIpc) is 3.42. The molecule has 0 aromatic carbocycles. The summed E-state index contributed by atoms with van der Waals surface area (Å²) < 4.78 is 1.90. The second-order valence-corrected chi connectivity index (χ2v) is 9.97. The van der Waals surface area contributed by atoms with E-state index in [9.17, 15) is 9.59 Å². The summed E-state index contributed by atoms with van der Waals surface area (Å²) in [4.78, 5) is 32.3. The van der Waals surface area contributed by atoms with Gasteiger partial charge in [0.1, 0.15) is 0 Å². The van der Waals surface area contributed by atoms with Crippen molar-refractivity contribution >= 4 is 34.9 Å². The predicted octanol–water partition coefficient (Wildman–Crippen LogP) is 3.42. The first-order chi connectivity index (χ1) is 15.6. The van der Waals surface area contributed by atoms with Crippen molar-refractivity contribution in [3.8, 4) is 5.69 Å². The highest BCUT2D eigenvalue weighted by Crippen LogP contribution is 2.27. The zero-order valence-corrected chi connectivity index (χ0v) is 19.6. The molecule has 1 fully saturated rings. The van der Waals surface area contributed by atoms with Crippen molar-refractivity contribution in [1.82, 2.24) is 30.0 Å². The SMILES string of the molecule is C[C@@H](Sc1nnc(CN2CCCCCC2=O)n1-c1cccnc1)C(=O)NCc1cccs1. The molecular formula is C22H26N6O2S2. The van der Waals surface area contributed by atoms with Crippen LogP contribution in [0.1, 0.15) is 43.3 Å². The van der Waals surface area contributed by atoms with Gasteiger partial charge in [0.15, 0.2) is 11.0 Å². The second kappa shape index (κ2) is 10.7. The number of carbonyl (C=O) groups is 2. The monoisotopic (exact) mass is 470 g/mol. The maximum absolute atomic E-state index is 12.6. The fraction of sp³-hybridized carbons (Fsp3) is 0.409. The normalized spacial score (nSPS) is 15.4. The number of hydrogen-bond donors (Lipinski definition) is 1. The molecule has 0 aliphatic carbocycles. The molecule has 1 saturated heterocycles. The highest BCUT2D eigenvalue weighted by Gasteiger charge is 2.24. The van der Waals surface area contributed by atoms with E-state index in [4.69, 9.17) is 0 Å². The summed E-state index contributed by atoms with van der Waals surface area (Å²) in [7, 11) is 0. The summed E-state index contributed by atoms with van der Waals surface area (Å²) in [6.07, 6.45) is 7.02. The van der Waals surface area contributed by atoms with Crippen LogP contribution in [-0.4, -0.2) is 48.3 Å². The van der Waals surface area contributed by atoms with Crippen LogP contribution in [0.2, 0.25) is 0 Å². The lowest BCUT2D eigenvalue weighted by molar-refractivity contribution is -0.131. The summed E-state index contributed by atoms with van der Waals surface area (Å²) in [6.45, 7) is 3.48. The standard InChI is InChI=1S/C22H26N6O2S2/c1-16(21(30)24-14-18-8-6-12-31-18)32-22-26-25-19(28(22)17-7-5-10-23-13-17)15-27-11-4-2-3-9-20(27)29/h5-8,10,12-13,16H,2-4,9,11,14-15H2,1H3,(H,24,30)/t16-/m1/s1. The van der Waals surface area contributed by atoms with E-state index in [1.165, 1.54) is 11.8 Å². The maximum Gasteiger partial charge on any atom is 0.233 e. The van der Waals surface area contributed by atoms with Crippen LogP contribution in [0.3, 0.4) is 0 Å². The number of nitrogens with one attached hydrogen (secondary N) is 1. The molecule has 0 bridgehead atoms. The lowest BCUT2D eigenvalue weighted by Crippen LogP contribution is -2.31. The molecule has 168 valence electrons. The van der Waals surface area contributed by atoms with Crippen molar-refractivity contribution in [2.24, 2.45) is 0 Å². The minimum Gasteiger partial charge on any atom is -0.350 e. The molecule has 4 heterocycles. The van der Waals surface area contributed by atoms with Crippen LogP contribution in [0.15, 0.2) is 47.2 Å². The third-order valence-corrected chi connectivity index (χ3v) is 7.20. The van der Waals surface area contributed by atoms with Crippen molar-refractivity contribution in [2.45, 2.75) is 56.1 Å². The Kier molecular flexibility index (Phi) is 7.54. The number of thiophene rings is 1. The third-order valence-electron chi connectivity index (χ3n) is 5.28. The first kappa shape index (κ1) is 22.5. The molecule has 3 aromatic heterocycles. The molecule has 0 spiro atoms. The topological polar surface area (TPSA) is 93.0 Å². The minimum absolute atomic E-state index is 0.0617. The number of nitrogens with zero attached hydrogens (tertiary/aromatic N) is 5. The van der Waals surface area contributed by atoms with Gasteiger partial charge in [-0.1, -0.05) is 24.2 Å². The number of rotatable bonds is 8. The molecule has 0 saturated carbocycles. The molecule has 1 aliphatic heterocycles. The first-order valence-electron chi connectivity index (χ1n) is 10.7. The Balaban J connectivity index is 1.52. The number of thioether (sulfide) groups is 1. The molecule has 0 unspecified atom stereocenters. The number of likely N-dealkylation sites (tertiary alicyclic amines) is 1. The van der Waals surface area contributed by atoms with Crippen LogP contribution in [0.4, 0.5) is 0 Å². The van der Waals surface area contributed by atoms with Gasteiger partial charge in [0.25, 0.3) is 0 Å². The zero-order valence-electron chi connectivity index (χ0n) is 17.9. The molecule has 4 rings (SSSR count).